The van der Waals surface area contributed by atoms with Crippen LogP contribution >= 0.6 is 11.6 Å². The Morgan fingerprint density at radius 1 is 1.20 bits per heavy atom. The van der Waals surface area contributed by atoms with E-state index in [0.29, 0.717) is 42.0 Å². The van der Waals surface area contributed by atoms with Gasteiger partial charge >= 0.3 is 0 Å². The molecule has 1 unspecified atom stereocenters. The van der Waals surface area contributed by atoms with Crippen molar-refractivity contribution in [2.45, 2.75) is 19.5 Å². The van der Waals surface area contributed by atoms with Gasteiger partial charge in [-0.15, -0.1) is 0 Å². The van der Waals surface area contributed by atoms with E-state index in [2.05, 4.69) is 5.32 Å². The van der Waals surface area contributed by atoms with Gasteiger partial charge in [0.25, 0.3) is 0 Å². The number of hydrogen-bond donors (Lipinski definition) is 1. The molecule has 0 spiro atoms. The number of nitrogens with zero attached hydrogens (tertiary/aromatic N) is 1. The number of benzene rings is 2. The van der Waals surface area contributed by atoms with Crippen molar-refractivity contribution >= 4 is 23.2 Å². The van der Waals surface area contributed by atoms with Gasteiger partial charge in [-0.25, -0.2) is 0 Å². The highest BCUT2D eigenvalue weighted by atomic mass is 35.5. The maximum atomic E-state index is 12.5. The number of carbonyl (C=O) groups excluding carboxylic acids is 1. The molecule has 1 amide bonds. The largest absolute Gasteiger partial charge is 0.486 e. The number of rotatable bonds is 5. The van der Waals surface area contributed by atoms with E-state index in [-0.39, 0.29) is 11.9 Å². The van der Waals surface area contributed by atoms with Gasteiger partial charge in [0, 0.05) is 23.3 Å². The molecule has 0 saturated heterocycles. The molecule has 0 aromatic heterocycles. The zero-order chi connectivity index (χ0) is 17.8. The van der Waals surface area contributed by atoms with Gasteiger partial charge in [0.1, 0.15) is 13.2 Å². The van der Waals surface area contributed by atoms with E-state index < -0.39 is 0 Å². The van der Waals surface area contributed by atoms with E-state index in [9.17, 15) is 4.79 Å². The number of nitrogens with one attached hydrogen (secondary N) is 1. The molecule has 5 nitrogen and oxygen atoms in total. The van der Waals surface area contributed by atoms with Gasteiger partial charge in [0.2, 0.25) is 5.91 Å². The van der Waals surface area contributed by atoms with Crippen molar-refractivity contribution in [3.8, 4) is 11.5 Å². The molecular weight excluding hydrogens is 340 g/mol. The van der Waals surface area contributed by atoms with Crippen LogP contribution in [0.4, 0.5) is 5.69 Å². The number of anilines is 1. The molecule has 2 aromatic rings. The molecule has 6 heteroatoms. The second-order valence-electron chi connectivity index (χ2n) is 6.03. The van der Waals surface area contributed by atoms with Gasteiger partial charge in [-0.3, -0.25) is 9.69 Å². The quantitative estimate of drug-likeness (QED) is 0.885. The van der Waals surface area contributed by atoms with E-state index in [1.54, 1.807) is 6.07 Å². The van der Waals surface area contributed by atoms with Gasteiger partial charge in [-0.05, 0) is 37.7 Å². The third kappa shape index (κ3) is 4.24. The molecule has 1 heterocycles. The van der Waals surface area contributed by atoms with Crippen LogP contribution in [0.5, 0.6) is 11.5 Å². The second-order valence-corrected chi connectivity index (χ2v) is 6.44. The number of halogens is 1. The number of fused-ring (bicyclic) bond motifs is 1. The highest BCUT2D eigenvalue weighted by Gasteiger charge is 2.20. The predicted molar refractivity (Wildman–Crippen MR) is 98.4 cm³/mol. The topological polar surface area (TPSA) is 50.8 Å². The summed E-state index contributed by atoms with van der Waals surface area (Å²) >= 11 is 6.20. The number of likely N-dealkylation sites (N-methyl/N-ethyl adjacent to an activating group) is 1. The summed E-state index contributed by atoms with van der Waals surface area (Å²) in [6.07, 6.45) is 0. The first-order valence-electron chi connectivity index (χ1n) is 8.19. The van der Waals surface area contributed by atoms with Gasteiger partial charge in [-0.2, -0.15) is 0 Å². The molecule has 1 atom stereocenters. The number of ether oxygens (including phenoxy) is 2. The molecule has 132 valence electrons. The summed E-state index contributed by atoms with van der Waals surface area (Å²) < 4.78 is 11.0. The fourth-order valence-corrected chi connectivity index (χ4v) is 2.80. The molecule has 3 rings (SSSR count). The zero-order valence-electron chi connectivity index (χ0n) is 14.3. The van der Waals surface area contributed by atoms with Crippen molar-refractivity contribution < 1.29 is 14.3 Å². The Morgan fingerprint density at radius 3 is 2.68 bits per heavy atom. The fourth-order valence-electron chi connectivity index (χ4n) is 2.60. The Balaban J connectivity index is 1.63. The second kappa shape index (κ2) is 7.76. The van der Waals surface area contributed by atoms with Crippen LogP contribution in [0.2, 0.25) is 5.02 Å². The zero-order valence-corrected chi connectivity index (χ0v) is 15.0. The summed E-state index contributed by atoms with van der Waals surface area (Å²) in [6.45, 7) is 3.52. The Kier molecular flexibility index (Phi) is 5.46. The predicted octanol–water partition coefficient (Wildman–Crippen LogP) is 3.57. The summed E-state index contributed by atoms with van der Waals surface area (Å²) in [5, 5.41) is 3.63. The van der Waals surface area contributed by atoms with Crippen LogP contribution < -0.4 is 14.8 Å². The van der Waals surface area contributed by atoms with Gasteiger partial charge < -0.3 is 14.8 Å². The van der Waals surface area contributed by atoms with E-state index in [0.717, 1.165) is 5.56 Å². The molecule has 0 radical (unpaired) electrons. The van der Waals surface area contributed by atoms with Gasteiger partial charge in [-0.1, -0.05) is 29.8 Å². The smallest absolute Gasteiger partial charge is 0.241 e. The molecule has 1 aliphatic heterocycles. The lowest BCUT2D eigenvalue weighted by atomic mass is 10.2. The van der Waals surface area contributed by atoms with E-state index in [1.807, 2.05) is 55.3 Å². The minimum Gasteiger partial charge on any atom is -0.486 e. The lowest BCUT2D eigenvalue weighted by molar-refractivity contribution is -0.120. The fraction of sp³-hybridized carbons (Fsp3) is 0.316. The van der Waals surface area contributed by atoms with E-state index >= 15 is 0 Å². The normalized spacial score (nSPS) is 14.2. The highest BCUT2D eigenvalue weighted by molar-refractivity contribution is 6.31. The molecule has 0 fully saturated rings. The van der Waals surface area contributed by atoms with Crippen molar-refractivity contribution in [3.05, 3.63) is 53.1 Å². The monoisotopic (exact) mass is 360 g/mol. The molecule has 2 aromatic carbocycles. The number of hydrogen-bond acceptors (Lipinski definition) is 4. The summed E-state index contributed by atoms with van der Waals surface area (Å²) in [7, 11) is 1.90. The van der Waals surface area contributed by atoms with Crippen LogP contribution in [0.3, 0.4) is 0 Å². The number of carbonyl (C=O) groups is 1. The molecule has 0 saturated carbocycles. The lowest BCUT2D eigenvalue weighted by Crippen LogP contribution is -2.39. The van der Waals surface area contributed by atoms with E-state index in [1.165, 1.54) is 0 Å². The highest BCUT2D eigenvalue weighted by Crippen LogP contribution is 2.32. The van der Waals surface area contributed by atoms with Crippen molar-refractivity contribution in [1.29, 1.82) is 0 Å². The summed E-state index contributed by atoms with van der Waals surface area (Å²) in [4.78, 5) is 14.5. The Labute approximate surface area is 152 Å². The summed E-state index contributed by atoms with van der Waals surface area (Å²) in [5.41, 5.74) is 1.68. The van der Waals surface area contributed by atoms with Crippen molar-refractivity contribution in [3.63, 3.8) is 0 Å². The minimum atomic E-state index is -0.315. The van der Waals surface area contributed by atoms with Crippen LogP contribution in [0.25, 0.3) is 0 Å². The Hall–Kier alpha value is -2.24. The number of amides is 1. The van der Waals surface area contributed by atoms with E-state index in [4.69, 9.17) is 21.1 Å². The Morgan fingerprint density at radius 2 is 1.92 bits per heavy atom. The third-order valence-corrected chi connectivity index (χ3v) is 4.60. The standard InChI is InChI=1S/C19H21ClN2O3/c1-13(22(2)12-14-5-3-4-6-16(14)20)19(23)21-15-7-8-17-18(11-15)25-10-9-24-17/h3-8,11,13H,9-10,12H2,1-2H3,(H,21,23). The first-order chi connectivity index (χ1) is 12.0. The first kappa shape index (κ1) is 17.6. The molecule has 1 aliphatic rings. The molecule has 0 aliphatic carbocycles. The van der Waals surface area contributed by atoms with Crippen molar-refractivity contribution in [2.75, 3.05) is 25.6 Å². The van der Waals surface area contributed by atoms with Gasteiger partial charge in [0.05, 0.1) is 6.04 Å². The lowest BCUT2D eigenvalue weighted by Gasteiger charge is -2.25. The third-order valence-electron chi connectivity index (χ3n) is 4.23. The van der Waals surface area contributed by atoms with Crippen molar-refractivity contribution in [2.24, 2.45) is 0 Å². The maximum absolute atomic E-state index is 12.5. The average Bonchev–Trinajstić information content (AvgIpc) is 2.62. The first-order valence-corrected chi connectivity index (χ1v) is 8.56. The van der Waals surface area contributed by atoms with Crippen LogP contribution in [0.1, 0.15) is 12.5 Å². The maximum Gasteiger partial charge on any atom is 0.241 e. The van der Waals surface area contributed by atoms with Crippen LogP contribution in [-0.2, 0) is 11.3 Å². The SMILES string of the molecule is CC(C(=O)Nc1ccc2c(c1)OCCO2)N(C)Cc1ccccc1Cl. The molecule has 0 bridgehead atoms. The summed E-state index contributed by atoms with van der Waals surface area (Å²) in [6, 6.07) is 12.7. The minimum absolute atomic E-state index is 0.0915. The Bertz CT molecular complexity index is 766. The molecular formula is C19H21ClN2O3. The molecule has 25 heavy (non-hydrogen) atoms. The van der Waals surface area contributed by atoms with Crippen LogP contribution in [0.15, 0.2) is 42.5 Å². The summed E-state index contributed by atoms with van der Waals surface area (Å²) in [5.74, 6) is 1.26. The average molecular weight is 361 g/mol. The van der Waals surface area contributed by atoms with Crippen LogP contribution in [-0.4, -0.2) is 37.1 Å². The molecule has 1 N–H and O–H groups in total. The van der Waals surface area contributed by atoms with Crippen LogP contribution in [0, 0.1) is 0 Å². The van der Waals surface area contributed by atoms with Crippen molar-refractivity contribution in [1.82, 2.24) is 4.90 Å². The van der Waals surface area contributed by atoms with Gasteiger partial charge in [0.15, 0.2) is 11.5 Å².